The van der Waals surface area contributed by atoms with Crippen LogP contribution in [0.5, 0.6) is 0 Å². The minimum Gasteiger partial charge on any atom is -0.298 e. The summed E-state index contributed by atoms with van der Waals surface area (Å²) in [6.45, 7) is 4.02. The molecule has 96 valence electrons. The number of aryl methyl sites for hydroxylation is 2. The van der Waals surface area contributed by atoms with E-state index in [1.54, 1.807) is 24.3 Å². The fourth-order valence-corrected chi connectivity index (χ4v) is 2.61. The van der Waals surface area contributed by atoms with E-state index in [0.717, 1.165) is 17.0 Å². The molecular formula is C14H13N3OS. The number of rotatable bonds is 3. The van der Waals surface area contributed by atoms with Crippen LogP contribution in [0.4, 0.5) is 5.13 Å². The number of aromatic nitrogens is 1. The summed E-state index contributed by atoms with van der Waals surface area (Å²) in [6, 6.07) is 8.62. The first-order chi connectivity index (χ1) is 9.13. The number of benzene rings is 1. The maximum Gasteiger partial charge on any atom is 0.257 e. The van der Waals surface area contributed by atoms with Gasteiger partial charge in [0.1, 0.15) is 0 Å². The molecule has 4 nitrogen and oxygen atoms in total. The number of hydrogen-bond acceptors (Lipinski definition) is 4. The molecule has 1 N–H and O–H groups in total. The Bertz CT molecular complexity index is 655. The van der Waals surface area contributed by atoms with E-state index in [1.165, 1.54) is 11.3 Å². The molecule has 0 fully saturated rings. The average molecular weight is 271 g/mol. The van der Waals surface area contributed by atoms with Crippen LogP contribution in [-0.4, -0.2) is 10.9 Å². The lowest BCUT2D eigenvalue weighted by atomic mass is 10.1. The Morgan fingerprint density at radius 1 is 1.53 bits per heavy atom. The normalized spacial score (nSPS) is 9.95. The average Bonchev–Trinajstić information content (AvgIpc) is 2.78. The van der Waals surface area contributed by atoms with Gasteiger partial charge in [0.05, 0.1) is 17.3 Å². The van der Waals surface area contributed by atoms with Crippen LogP contribution in [0.3, 0.4) is 0 Å². The first kappa shape index (κ1) is 13.2. The molecule has 0 aliphatic rings. The highest BCUT2D eigenvalue weighted by molar-refractivity contribution is 7.15. The zero-order valence-electron chi connectivity index (χ0n) is 10.7. The van der Waals surface area contributed by atoms with E-state index in [4.69, 9.17) is 5.26 Å². The van der Waals surface area contributed by atoms with Gasteiger partial charge < -0.3 is 0 Å². The Morgan fingerprint density at radius 2 is 2.32 bits per heavy atom. The molecule has 1 aromatic carbocycles. The second-order valence-electron chi connectivity index (χ2n) is 4.02. The lowest BCUT2D eigenvalue weighted by Gasteiger charge is -2.01. The van der Waals surface area contributed by atoms with Gasteiger partial charge in [-0.1, -0.05) is 13.0 Å². The summed E-state index contributed by atoms with van der Waals surface area (Å²) in [7, 11) is 0. The molecule has 2 aromatic rings. The molecule has 2 rings (SSSR count). The van der Waals surface area contributed by atoms with Gasteiger partial charge in [0.25, 0.3) is 5.91 Å². The number of nitriles is 1. The maximum absolute atomic E-state index is 12.0. The van der Waals surface area contributed by atoms with Crippen LogP contribution in [0.25, 0.3) is 0 Å². The van der Waals surface area contributed by atoms with Gasteiger partial charge in [0, 0.05) is 10.4 Å². The number of carbonyl (C=O) groups excluding carboxylic acids is 1. The Labute approximate surface area is 115 Å². The van der Waals surface area contributed by atoms with Crippen molar-refractivity contribution in [3.63, 3.8) is 0 Å². The predicted molar refractivity (Wildman–Crippen MR) is 75.3 cm³/mol. The van der Waals surface area contributed by atoms with Crippen molar-refractivity contribution in [1.82, 2.24) is 4.98 Å². The third-order valence-corrected chi connectivity index (χ3v) is 3.63. The fourth-order valence-electron chi connectivity index (χ4n) is 1.71. The summed E-state index contributed by atoms with van der Waals surface area (Å²) in [5.41, 5.74) is 1.94. The zero-order chi connectivity index (χ0) is 13.8. The molecule has 0 spiro atoms. The van der Waals surface area contributed by atoms with E-state index in [-0.39, 0.29) is 5.91 Å². The van der Waals surface area contributed by atoms with E-state index in [9.17, 15) is 4.79 Å². The Kier molecular flexibility index (Phi) is 3.93. The highest BCUT2D eigenvalue weighted by Gasteiger charge is 2.11. The topological polar surface area (TPSA) is 65.8 Å². The van der Waals surface area contributed by atoms with Gasteiger partial charge in [-0.15, -0.1) is 11.3 Å². The van der Waals surface area contributed by atoms with Gasteiger partial charge in [-0.2, -0.15) is 5.26 Å². The Balaban J connectivity index is 2.18. The number of carbonyl (C=O) groups is 1. The maximum atomic E-state index is 12.0. The Morgan fingerprint density at radius 3 is 2.95 bits per heavy atom. The predicted octanol–water partition coefficient (Wildman–Crippen LogP) is 3.14. The molecule has 0 saturated heterocycles. The highest BCUT2D eigenvalue weighted by Crippen LogP contribution is 2.22. The van der Waals surface area contributed by atoms with Gasteiger partial charge in [0.2, 0.25) is 0 Å². The van der Waals surface area contributed by atoms with Crippen LogP contribution < -0.4 is 5.32 Å². The van der Waals surface area contributed by atoms with Crippen LogP contribution in [0.2, 0.25) is 0 Å². The van der Waals surface area contributed by atoms with Crippen LogP contribution in [0, 0.1) is 18.3 Å². The Hall–Kier alpha value is -2.19. The molecule has 5 heteroatoms. The number of nitrogens with one attached hydrogen (secondary N) is 1. The first-order valence-corrected chi connectivity index (χ1v) is 6.73. The molecule has 0 saturated carbocycles. The van der Waals surface area contributed by atoms with E-state index >= 15 is 0 Å². The minimum absolute atomic E-state index is 0.242. The third-order valence-electron chi connectivity index (χ3n) is 2.70. The number of amides is 1. The molecule has 0 radical (unpaired) electrons. The molecular weight excluding hydrogens is 258 g/mol. The van der Waals surface area contributed by atoms with E-state index in [2.05, 4.69) is 10.3 Å². The quantitative estimate of drug-likeness (QED) is 0.932. The van der Waals surface area contributed by atoms with Gasteiger partial charge in [-0.25, -0.2) is 4.98 Å². The molecule has 0 bridgehead atoms. The lowest BCUT2D eigenvalue weighted by molar-refractivity contribution is 0.102. The number of hydrogen-bond donors (Lipinski definition) is 1. The zero-order valence-corrected chi connectivity index (χ0v) is 11.5. The molecule has 1 amide bonds. The van der Waals surface area contributed by atoms with E-state index < -0.39 is 0 Å². The van der Waals surface area contributed by atoms with Crippen molar-refractivity contribution in [2.24, 2.45) is 0 Å². The van der Waals surface area contributed by atoms with E-state index in [0.29, 0.717) is 16.3 Å². The number of nitrogens with zero attached hydrogens (tertiary/aromatic N) is 2. The lowest BCUT2D eigenvalue weighted by Crippen LogP contribution is -2.11. The monoisotopic (exact) mass is 271 g/mol. The van der Waals surface area contributed by atoms with Crippen molar-refractivity contribution in [3.05, 3.63) is 46.0 Å². The summed E-state index contributed by atoms with van der Waals surface area (Å²) in [4.78, 5) is 17.5. The first-order valence-electron chi connectivity index (χ1n) is 5.92. The van der Waals surface area contributed by atoms with Crippen molar-refractivity contribution >= 4 is 22.4 Å². The highest BCUT2D eigenvalue weighted by atomic mass is 32.1. The van der Waals surface area contributed by atoms with Crippen LogP contribution in [0.1, 0.15) is 33.4 Å². The largest absolute Gasteiger partial charge is 0.298 e. The molecule has 1 aromatic heterocycles. The second-order valence-corrected chi connectivity index (χ2v) is 5.23. The summed E-state index contributed by atoms with van der Waals surface area (Å²) in [6.07, 6.45) is 0.849. The standard InChI is InChI=1S/C14H13N3OS/c1-3-12-9(2)19-14(16-12)17-13(18)11-6-4-5-10(7-11)8-15/h4-7H,3H2,1-2H3,(H,16,17,18). The van der Waals surface area contributed by atoms with Crippen molar-refractivity contribution in [1.29, 1.82) is 5.26 Å². The minimum atomic E-state index is -0.242. The SMILES string of the molecule is CCc1nc(NC(=O)c2cccc(C#N)c2)sc1C. The second kappa shape index (κ2) is 5.63. The summed E-state index contributed by atoms with van der Waals surface area (Å²) in [5, 5.41) is 12.2. The van der Waals surface area contributed by atoms with Gasteiger partial charge in [0.15, 0.2) is 5.13 Å². The van der Waals surface area contributed by atoms with Gasteiger partial charge >= 0.3 is 0 Å². The summed E-state index contributed by atoms with van der Waals surface area (Å²) < 4.78 is 0. The van der Waals surface area contributed by atoms with Crippen molar-refractivity contribution in [2.45, 2.75) is 20.3 Å². The van der Waals surface area contributed by atoms with Crippen molar-refractivity contribution in [2.75, 3.05) is 5.32 Å². The molecule has 0 aliphatic heterocycles. The molecule has 19 heavy (non-hydrogen) atoms. The number of anilines is 1. The van der Waals surface area contributed by atoms with Gasteiger partial charge in [-0.3, -0.25) is 10.1 Å². The molecule has 0 atom stereocenters. The molecule has 0 unspecified atom stereocenters. The van der Waals surface area contributed by atoms with Gasteiger partial charge in [-0.05, 0) is 31.5 Å². The van der Waals surface area contributed by atoms with Crippen LogP contribution in [0.15, 0.2) is 24.3 Å². The number of thiazole rings is 1. The van der Waals surface area contributed by atoms with Crippen LogP contribution >= 0.6 is 11.3 Å². The summed E-state index contributed by atoms with van der Waals surface area (Å²) in [5.74, 6) is -0.242. The fraction of sp³-hybridized carbons (Fsp3) is 0.214. The smallest absolute Gasteiger partial charge is 0.257 e. The third kappa shape index (κ3) is 2.98. The molecule has 1 heterocycles. The van der Waals surface area contributed by atoms with Crippen LogP contribution in [-0.2, 0) is 6.42 Å². The van der Waals surface area contributed by atoms with E-state index in [1.807, 2.05) is 19.9 Å². The van der Waals surface area contributed by atoms with Crippen molar-refractivity contribution < 1.29 is 4.79 Å². The van der Waals surface area contributed by atoms with Crippen molar-refractivity contribution in [3.8, 4) is 6.07 Å². The molecule has 0 aliphatic carbocycles. The summed E-state index contributed by atoms with van der Waals surface area (Å²) >= 11 is 1.46.